The normalized spacial score (nSPS) is 32.7. The second-order valence-electron chi connectivity index (χ2n) is 9.90. The Hall–Kier alpha value is 0.890. The molecule has 10 atom stereocenters. The van der Waals surface area contributed by atoms with E-state index in [0.29, 0.717) is 6.42 Å². The van der Waals surface area contributed by atoms with Crippen LogP contribution in [0.3, 0.4) is 0 Å². The third-order valence-corrected chi connectivity index (χ3v) is 7.39. The van der Waals surface area contributed by atoms with E-state index in [-0.39, 0.29) is 65.7 Å². The van der Waals surface area contributed by atoms with E-state index in [2.05, 4.69) is 20.6 Å². The standard InChI is InChI=1S/C22H41NO17S2.2Na/c1-3-4-5-6-7-8-9-35-22-19(28)20(17(26)14(39-22)11-37-42(32,33)34)40-21-15(23-12(2)24)18(27)16(25)13(38-21)10-36-41(29,30)31;;/h13-22,25-28H,3-11H2,1-2H3,(H,23,24)(H,29,30,31)(H,32,33,34);;/q;2*+1/p-2/t13-,14-,15-,16-,17+,18-,19-,20+,21-,22-;;/m1../s1. The van der Waals surface area contributed by atoms with Gasteiger partial charge in [-0.15, -0.1) is 0 Å². The van der Waals surface area contributed by atoms with E-state index in [9.17, 15) is 51.2 Å². The largest absolute Gasteiger partial charge is 1.00 e. The molecule has 2 heterocycles. The first-order chi connectivity index (χ1) is 19.5. The molecule has 0 radical (unpaired) electrons. The Kier molecular flexibility index (Phi) is 21.5. The van der Waals surface area contributed by atoms with E-state index in [0.717, 1.165) is 39.0 Å². The van der Waals surface area contributed by atoms with Gasteiger partial charge in [-0.25, -0.2) is 16.8 Å². The number of hydrogen-bond acceptors (Lipinski definition) is 17. The molecule has 0 bridgehead atoms. The summed E-state index contributed by atoms with van der Waals surface area (Å²) >= 11 is 0. The summed E-state index contributed by atoms with van der Waals surface area (Å²) in [7, 11) is -10.5. The molecule has 18 nitrogen and oxygen atoms in total. The number of ether oxygens (including phenoxy) is 4. The van der Waals surface area contributed by atoms with Crippen LogP contribution in [0.2, 0.25) is 0 Å². The van der Waals surface area contributed by atoms with Crippen LogP contribution < -0.4 is 64.4 Å². The number of aliphatic hydroxyl groups is 4. The van der Waals surface area contributed by atoms with Crippen molar-refractivity contribution in [1.29, 1.82) is 0 Å². The van der Waals surface area contributed by atoms with Gasteiger partial charge >= 0.3 is 59.1 Å². The van der Waals surface area contributed by atoms with Crippen LogP contribution >= 0.6 is 0 Å². The summed E-state index contributed by atoms with van der Waals surface area (Å²) in [5.41, 5.74) is 0. The van der Waals surface area contributed by atoms with Gasteiger partial charge in [0, 0.05) is 13.5 Å². The zero-order chi connectivity index (χ0) is 31.7. The van der Waals surface area contributed by atoms with E-state index in [1.165, 1.54) is 0 Å². The maximum Gasteiger partial charge on any atom is 1.00 e. The molecular formula is C22H39NNa2O17S2. The molecule has 22 heteroatoms. The minimum absolute atomic E-state index is 0. The molecule has 2 saturated heterocycles. The molecule has 0 aromatic heterocycles. The Labute approximate surface area is 300 Å². The third kappa shape index (κ3) is 15.4. The predicted molar refractivity (Wildman–Crippen MR) is 134 cm³/mol. The van der Waals surface area contributed by atoms with Gasteiger partial charge in [0.25, 0.3) is 0 Å². The van der Waals surface area contributed by atoms with Gasteiger partial charge in [0.15, 0.2) is 12.6 Å². The van der Waals surface area contributed by atoms with E-state index < -0.39 is 101 Å². The fourth-order valence-electron chi connectivity index (χ4n) is 4.45. The summed E-state index contributed by atoms with van der Waals surface area (Å²) in [5.74, 6) is -0.736. The molecule has 0 aromatic rings. The quantitative estimate of drug-likeness (QED) is 0.0408. The van der Waals surface area contributed by atoms with Gasteiger partial charge in [0.1, 0.15) is 48.8 Å². The average Bonchev–Trinajstić information content (AvgIpc) is 2.88. The predicted octanol–water partition coefficient (Wildman–Crippen LogP) is -8.89. The fraction of sp³-hybridized carbons (Fsp3) is 0.955. The van der Waals surface area contributed by atoms with Crippen molar-refractivity contribution in [3.63, 3.8) is 0 Å². The fourth-order valence-corrected chi connectivity index (χ4v) is 5.05. The number of hydrogen-bond donors (Lipinski definition) is 5. The van der Waals surface area contributed by atoms with Crippen molar-refractivity contribution in [3.8, 4) is 0 Å². The number of unbranched alkanes of at least 4 members (excludes halogenated alkanes) is 5. The minimum atomic E-state index is -5.25. The first-order valence-corrected chi connectivity index (χ1v) is 16.0. The molecule has 0 unspecified atom stereocenters. The Morgan fingerprint density at radius 3 is 1.80 bits per heavy atom. The van der Waals surface area contributed by atoms with Gasteiger partial charge in [0.2, 0.25) is 26.7 Å². The van der Waals surface area contributed by atoms with Crippen molar-refractivity contribution in [2.45, 2.75) is 114 Å². The molecule has 2 rings (SSSR count). The van der Waals surface area contributed by atoms with Crippen molar-refractivity contribution in [2.75, 3.05) is 19.8 Å². The third-order valence-electron chi connectivity index (χ3n) is 6.54. The zero-order valence-corrected chi connectivity index (χ0v) is 30.7. The second kappa shape index (κ2) is 21.1. The monoisotopic (exact) mass is 699 g/mol. The number of carbonyl (C=O) groups excluding carboxylic acids is 1. The average molecular weight is 700 g/mol. The van der Waals surface area contributed by atoms with E-state index in [1.54, 1.807) is 0 Å². The molecule has 0 spiro atoms. The molecule has 0 saturated carbocycles. The number of nitrogens with one attached hydrogen (secondary N) is 1. The summed E-state index contributed by atoms with van der Waals surface area (Å²) in [5, 5.41) is 45.1. The van der Waals surface area contributed by atoms with Gasteiger partial charge in [-0.1, -0.05) is 39.0 Å². The summed E-state index contributed by atoms with van der Waals surface area (Å²) < 4.78 is 96.2. The van der Waals surface area contributed by atoms with Crippen molar-refractivity contribution >= 4 is 26.7 Å². The van der Waals surface area contributed by atoms with E-state index >= 15 is 0 Å². The van der Waals surface area contributed by atoms with Gasteiger partial charge in [0.05, 0.1) is 13.2 Å². The molecule has 44 heavy (non-hydrogen) atoms. The van der Waals surface area contributed by atoms with Crippen LogP contribution in [-0.4, -0.2) is 133 Å². The Morgan fingerprint density at radius 1 is 0.773 bits per heavy atom. The SMILES string of the molecule is CCCCCCCCO[C@@H]1O[C@H](COS(=O)(=O)[O-])[C@H](O)[C@H](O[C@H]2O[C@H](COS(=O)(=O)[O-])[C@@H](O)[C@H](O)[C@H]2NC(C)=O)[C@H]1O.[Na+].[Na+]. The summed E-state index contributed by atoms with van der Waals surface area (Å²) in [6.45, 7) is 1.12. The van der Waals surface area contributed by atoms with Crippen molar-refractivity contribution in [2.24, 2.45) is 0 Å². The smallest absolute Gasteiger partial charge is 0.726 e. The van der Waals surface area contributed by atoms with Gasteiger partial charge in [-0.05, 0) is 6.42 Å². The summed E-state index contributed by atoms with van der Waals surface area (Å²) in [6, 6.07) is -1.57. The molecule has 5 N–H and O–H groups in total. The molecule has 2 fully saturated rings. The molecule has 0 aromatic carbocycles. The Balaban J connectivity index is 0.00000924. The first kappa shape index (κ1) is 44.9. The molecule has 248 valence electrons. The molecular weight excluding hydrogens is 660 g/mol. The van der Waals surface area contributed by atoms with Crippen LogP contribution in [-0.2, 0) is 52.9 Å². The number of aliphatic hydroxyl groups excluding tert-OH is 4. The minimum Gasteiger partial charge on any atom is -0.726 e. The van der Waals surface area contributed by atoms with Gasteiger partial charge in [-0.2, -0.15) is 0 Å². The van der Waals surface area contributed by atoms with Crippen LogP contribution in [0.25, 0.3) is 0 Å². The van der Waals surface area contributed by atoms with Crippen molar-refractivity contribution in [1.82, 2.24) is 5.32 Å². The summed E-state index contributed by atoms with van der Waals surface area (Å²) in [4.78, 5) is 11.8. The Bertz CT molecular complexity index is 1060. The zero-order valence-electron chi connectivity index (χ0n) is 25.1. The molecule has 2 aliphatic rings. The molecule has 1 amide bonds. The first-order valence-electron chi connectivity index (χ1n) is 13.3. The van der Waals surface area contributed by atoms with Crippen molar-refractivity contribution < 1.29 is 138 Å². The maximum absolute atomic E-state index is 11.8. The molecule has 2 aliphatic heterocycles. The second-order valence-corrected chi connectivity index (χ2v) is 12.0. The van der Waals surface area contributed by atoms with Gasteiger partial charge in [-0.3, -0.25) is 13.2 Å². The topological polar surface area (TPSA) is 280 Å². The number of carbonyl (C=O) groups is 1. The van der Waals surface area contributed by atoms with Crippen LogP contribution in [0.1, 0.15) is 52.4 Å². The van der Waals surface area contributed by atoms with Crippen LogP contribution in [0.5, 0.6) is 0 Å². The van der Waals surface area contributed by atoms with Gasteiger partial charge < -0.3 is 53.8 Å². The van der Waals surface area contributed by atoms with Crippen LogP contribution in [0, 0.1) is 0 Å². The molecule has 0 aliphatic carbocycles. The number of rotatable bonds is 17. The summed E-state index contributed by atoms with van der Waals surface area (Å²) in [6.07, 6.45) is -10.5. The van der Waals surface area contributed by atoms with Crippen LogP contribution in [0.15, 0.2) is 0 Å². The van der Waals surface area contributed by atoms with Crippen molar-refractivity contribution in [3.05, 3.63) is 0 Å². The van der Waals surface area contributed by atoms with E-state index in [4.69, 9.17) is 18.9 Å². The maximum atomic E-state index is 11.8. The Morgan fingerprint density at radius 2 is 1.27 bits per heavy atom. The number of amides is 1. The van der Waals surface area contributed by atoms with Crippen LogP contribution in [0.4, 0.5) is 0 Å². The van der Waals surface area contributed by atoms with E-state index in [1.807, 2.05) is 0 Å².